The second kappa shape index (κ2) is 12.1. The predicted octanol–water partition coefficient (Wildman–Crippen LogP) is 6.25. The summed E-state index contributed by atoms with van der Waals surface area (Å²) in [6.45, 7) is 0.489. The molecule has 38 heavy (non-hydrogen) atoms. The Labute approximate surface area is 225 Å². The minimum atomic E-state index is -0.140. The Morgan fingerprint density at radius 3 is 2.16 bits per heavy atom. The molecular weight excluding hydrogens is 496 g/mol. The number of ether oxygens (including phenoxy) is 2. The molecule has 1 amide bonds. The Morgan fingerprint density at radius 1 is 0.816 bits per heavy atom. The molecule has 0 saturated carbocycles. The van der Waals surface area contributed by atoms with Crippen molar-refractivity contribution in [3.8, 4) is 28.6 Å². The molecule has 1 heterocycles. The average molecular weight is 523 g/mol. The van der Waals surface area contributed by atoms with Gasteiger partial charge in [-0.3, -0.25) is 9.36 Å². The normalized spacial score (nSPS) is 10.7. The number of anilines is 1. The van der Waals surface area contributed by atoms with Gasteiger partial charge in [-0.05, 0) is 54.1 Å². The van der Waals surface area contributed by atoms with Crippen LogP contribution in [0.5, 0.6) is 11.5 Å². The first kappa shape index (κ1) is 25.1. The van der Waals surface area contributed by atoms with Crippen molar-refractivity contribution in [1.29, 1.82) is 0 Å². The van der Waals surface area contributed by atoms with Gasteiger partial charge in [-0.15, -0.1) is 10.2 Å². The van der Waals surface area contributed by atoms with E-state index in [1.54, 1.807) is 7.11 Å². The van der Waals surface area contributed by atoms with E-state index in [2.05, 4.69) is 15.5 Å². The van der Waals surface area contributed by atoms with Crippen LogP contribution in [0.25, 0.3) is 17.1 Å². The first-order chi connectivity index (χ1) is 18.7. The lowest BCUT2D eigenvalue weighted by Crippen LogP contribution is -2.14. The molecule has 4 aromatic carbocycles. The summed E-state index contributed by atoms with van der Waals surface area (Å²) in [7, 11) is 1.63. The molecule has 0 aliphatic heterocycles. The summed E-state index contributed by atoms with van der Waals surface area (Å²) in [5.74, 6) is 2.23. The van der Waals surface area contributed by atoms with E-state index in [-0.39, 0.29) is 11.7 Å². The molecular formula is C30H26N4O3S. The van der Waals surface area contributed by atoms with Gasteiger partial charge in [0.2, 0.25) is 5.91 Å². The van der Waals surface area contributed by atoms with Crippen LogP contribution >= 0.6 is 11.8 Å². The van der Waals surface area contributed by atoms with E-state index < -0.39 is 0 Å². The van der Waals surface area contributed by atoms with Gasteiger partial charge < -0.3 is 14.8 Å². The number of thioether (sulfide) groups is 1. The Morgan fingerprint density at radius 2 is 1.47 bits per heavy atom. The van der Waals surface area contributed by atoms with Crippen molar-refractivity contribution in [2.75, 3.05) is 18.2 Å². The minimum Gasteiger partial charge on any atom is -0.497 e. The molecule has 7 nitrogen and oxygen atoms in total. The SMILES string of the molecule is COc1ccc(-n2c(SCC(=O)Nc3ccc(OCc4ccccc4)cc3)nnc2-c2ccccc2)cc1. The van der Waals surface area contributed by atoms with Crippen LogP contribution < -0.4 is 14.8 Å². The highest BCUT2D eigenvalue weighted by atomic mass is 32.2. The van der Waals surface area contributed by atoms with E-state index in [0.29, 0.717) is 23.3 Å². The van der Waals surface area contributed by atoms with E-state index in [1.165, 1.54) is 11.8 Å². The summed E-state index contributed by atoms with van der Waals surface area (Å²) in [6.07, 6.45) is 0. The van der Waals surface area contributed by atoms with Crippen LogP contribution in [0.1, 0.15) is 5.56 Å². The van der Waals surface area contributed by atoms with Gasteiger partial charge in [0.15, 0.2) is 11.0 Å². The fourth-order valence-electron chi connectivity index (χ4n) is 3.80. The first-order valence-corrected chi connectivity index (χ1v) is 13.0. The smallest absolute Gasteiger partial charge is 0.234 e. The van der Waals surface area contributed by atoms with Gasteiger partial charge in [0, 0.05) is 16.9 Å². The highest BCUT2D eigenvalue weighted by Gasteiger charge is 2.17. The van der Waals surface area contributed by atoms with Crippen molar-refractivity contribution >= 4 is 23.4 Å². The van der Waals surface area contributed by atoms with E-state index in [0.717, 1.165) is 28.3 Å². The lowest BCUT2D eigenvalue weighted by Gasteiger charge is -2.11. The Hall–Kier alpha value is -4.56. The maximum absolute atomic E-state index is 12.8. The van der Waals surface area contributed by atoms with Gasteiger partial charge in [0.25, 0.3) is 0 Å². The van der Waals surface area contributed by atoms with Gasteiger partial charge in [0.05, 0.1) is 12.9 Å². The lowest BCUT2D eigenvalue weighted by atomic mass is 10.2. The predicted molar refractivity (Wildman–Crippen MR) is 150 cm³/mol. The van der Waals surface area contributed by atoms with E-state index in [1.807, 2.05) is 114 Å². The van der Waals surface area contributed by atoms with Crippen LogP contribution in [0, 0.1) is 0 Å². The van der Waals surface area contributed by atoms with Crippen LogP contribution in [0.15, 0.2) is 114 Å². The number of amides is 1. The number of benzene rings is 4. The summed E-state index contributed by atoms with van der Waals surface area (Å²) in [5, 5.41) is 12.4. The topological polar surface area (TPSA) is 78.3 Å². The molecule has 0 aliphatic carbocycles. The molecule has 0 unspecified atom stereocenters. The molecule has 5 aromatic rings. The number of carbonyl (C=O) groups is 1. The summed E-state index contributed by atoms with van der Waals surface area (Å²) in [6, 6.07) is 34.8. The lowest BCUT2D eigenvalue weighted by molar-refractivity contribution is -0.113. The van der Waals surface area contributed by atoms with Crippen molar-refractivity contribution in [3.63, 3.8) is 0 Å². The largest absolute Gasteiger partial charge is 0.497 e. The van der Waals surface area contributed by atoms with Crippen molar-refractivity contribution in [2.45, 2.75) is 11.8 Å². The Balaban J connectivity index is 1.25. The highest BCUT2D eigenvalue weighted by Crippen LogP contribution is 2.29. The van der Waals surface area contributed by atoms with Crippen molar-refractivity contribution in [1.82, 2.24) is 14.8 Å². The molecule has 0 bridgehead atoms. The first-order valence-electron chi connectivity index (χ1n) is 12.0. The fourth-order valence-corrected chi connectivity index (χ4v) is 4.56. The highest BCUT2D eigenvalue weighted by molar-refractivity contribution is 7.99. The number of aromatic nitrogens is 3. The monoisotopic (exact) mass is 522 g/mol. The third-order valence-corrected chi connectivity index (χ3v) is 6.64. The number of hydrogen-bond donors (Lipinski definition) is 1. The number of hydrogen-bond acceptors (Lipinski definition) is 6. The fraction of sp³-hybridized carbons (Fsp3) is 0.100. The summed E-state index contributed by atoms with van der Waals surface area (Å²) in [4.78, 5) is 12.8. The molecule has 8 heteroatoms. The molecule has 1 N–H and O–H groups in total. The molecule has 0 atom stereocenters. The van der Waals surface area contributed by atoms with E-state index in [9.17, 15) is 4.79 Å². The van der Waals surface area contributed by atoms with Crippen LogP contribution in [0.4, 0.5) is 5.69 Å². The van der Waals surface area contributed by atoms with E-state index >= 15 is 0 Å². The van der Waals surface area contributed by atoms with Crippen LogP contribution in [-0.2, 0) is 11.4 Å². The van der Waals surface area contributed by atoms with Gasteiger partial charge >= 0.3 is 0 Å². The van der Waals surface area contributed by atoms with Gasteiger partial charge in [-0.2, -0.15) is 0 Å². The molecule has 5 rings (SSSR count). The van der Waals surface area contributed by atoms with Crippen LogP contribution in [-0.4, -0.2) is 33.5 Å². The standard InChI is InChI=1S/C30H26N4O3S/c1-36-26-18-14-25(15-19-26)34-29(23-10-6-3-7-11-23)32-33-30(34)38-21-28(35)31-24-12-16-27(17-13-24)37-20-22-8-4-2-5-9-22/h2-19H,20-21H2,1H3,(H,31,35). The van der Waals surface area contributed by atoms with Crippen LogP contribution in [0.3, 0.4) is 0 Å². The third-order valence-electron chi connectivity index (χ3n) is 5.71. The summed E-state index contributed by atoms with van der Waals surface area (Å²) < 4.78 is 13.1. The maximum Gasteiger partial charge on any atom is 0.234 e. The molecule has 0 fully saturated rings. The maximum atomic E-state index is 12.8. The van der Waals surface area contributed by atoms with Gasteiger partial charge in [-0.1, -0.05) is 72.4 Å². The molecule has 0 radical (unpaired) electrons. The Kier molecular flexibility index (Phi) is 8.01. The number of rotatable bonds is 10. The van der Waals surface area contributed by atoms with Crippen molar-refractivity contribution in [2.24, 2.45) is 0 Å². The number of carbonyl (C=O) groups excluding carboxylic acids is 1. The second-order valence-electron chi connectivity index (χ2n) is 8.34. The number of nitrogens with one attached hydrogen (secondary N) is 1. The molecule has 0 aliphatic rings. The van der Waals surface area contributed by atoms with Gasteiger partial charge in [0.1, 0.15) is 18.1 Å². The van der Waals surface area contributed by atoms with Gasteiger partial charge in [-0.25, -0.2) is 0 Å². The molecule has 190 valence electrons. The second-order valence-corrected chi connectivity index (χ2v) is 9.28. The zero-order valence-electron chi connectivity index (χ0n) is 20.8. The summed E-state index contributed by atoms with van der Waals surface area (Å²) in [5.41, 5.74) is 3.61. The molecule has 0 saturated heterocycles. The van der Waals surface area contributed by atoms with Crippen molar-refractivity contribution in [3.05, 3.63) is 115 Å². The van der Waals surface area contributed by atoms with Crippen molar-refractivity contribution < 1.29 is 14.3 Å². The van der Waals surface area contributed by atoms with E-state index in [4.69, 9.17) is 9.47 Å². The number of nitrogens with zero attached hydrogens (tertiary/aromatic N) is 3. The Bertz CT molecular complexity index is 1470. The zero-order chi connectivity index (χ0) is 26.2. The molecule has 1 aromatic heterocycles. The third kappa shape index (κ3) is 6.22. The average Bonchev–Trinajstić information content (AvgIpc) is 3.41. The number of methoxy groups -OCH3 is 1. The molecule has 0 spiro atoms. The zero-order valence-corrected chi connectivity index (χ0v) is 21.6. The van der Waals surface area contributed by atoms with Crippen LogP contribution in [0.2, 0.25) is 0 Å². The quantitative estimate of drug-likeness (QED) is 0.218. The minimum absolute atomic E-state index is 0.140. The summed E-state index contributed by atoms with van der Waals surface area (Å²) >= 11 is 1.32.